The van der Waals surface area contributed by atoms with Crippen LogP contribution in [0, 0.1) is 29.1 Å². The maximum Gasteiger partial charge on any atom is 0.318 e. The molecule has 3 heteroatoms. The minimum Gasteiger partial charge on any atom is -0.393 e. The molecule has 4 aliphatic rings. The molecule has 0 unspecified atom stereocenters. The zero-order valence-electron chi connectivity index (χ0n) is 7.60. The molecule has 1 spiro atoms. The topological polar surface area (TPSA) is 43.4 Å². The molecule has 4 atom stereocenters. The molecule has 14 heavy (non-hydrogen) atoms. The Bertz CT molecular complexity index is 359. The molecule has 3 nitrogen and oxygen atoms in total. The average molecular weight is 190 g/mol. The van der Waals surface area contributed by atoms with E-state index in [-0.39, 0.29) is 23.8 Å². The summed E-state index contributed by atoms with van der Waals surface area (Å²) < 4.78 is 4.71. The molecule has 72 valence electrons. The second kappa shape index (κ2) is 1.81. The van der Waals surface area contributed by atoms with Crippen LogP contribution in [0.4, 0.5) is 0 Å². The summed E-state index contributed by atoms with van der Waals surface area (Å²) in [6.07, 6.45) is 6.64. The van der Waals surface area contributed by atoms with Gasteiger partial charge in [-0.15, -0.1) is 0 Å². The molecule has 0 N–H and O–H groups in total. The van der Waals surface area contributed by atoms with Gasteiger partial charge in [0, 0.05) is 0 Å². The zero-order valence-corrected chi connectivity index (χ0v) is 7.60. The molecule has 3 aliphatic carbocycles. The highest BCUT2D eigenvalue weighted by Gasteiger charge is 2.72. The van der Waals surface area contributed by atoms with Gasteiger partial charge in [-0.25, -0.2) is 0 Å². The number of hydrogen-bond donors (Lipinski definition) is 0. The first kappa shape index (κ1) is 7.21. The third-order valence-electron chi connectivity index (χ3n) is 4.59. The first-order valence-electron chi connectivity index (χ1n) is 5.18. The number of esters is 2. The van der Waals surface area contributed by atoms with Crippen molar-refractivity contribution >= 4 is 11.9 Å². The second-order valence-corrected chi connectivity index (χ2v) is 4.96. The van der Waals surface area contributed by atoms with E-state index in [2.05, 4.69) is 12.2 Å². The SMILES string of the molecule is O=C1OC(=O)[C@H]2[C@H]1[C@H]1C=C[C@H]2C12CC2. The number of carbonyl (C=O) groups is 2. The Labute approximate surface area is 81.1 Å². The highest BCUT2D eigenvalue weighted by Crippen LogP contribution is 2.73. The number of hydrogen-bond acceptors (Lipinski definition) is 3. The number of allylic oxidation sites excluding steroid dienone is 2. The Hall–Kier alpha value is -1.12. The summed E-state index contributed by atoms with van der Waals surface area (Å²) in [7, 11) is 0. The van der Waals surface area contributed by atoms with Crippen molar-refractivity contribution in [1.29, 1.82) is 0 Å². The summed E-state index contributed by atoms with van der Waals surface area (Å²) in [5.74, 6) is -0.223. The van der Waals surface area contributed by atoms with Gasteiger partial charge in [-0.1, -0.05) is 12.2 Å². The fourth-order valence-corrected chi connectivity index (χ4v) is 3.88. The van der Waals surface area contributed by atoms with Crippen molar-refractivity contribution in [3.63, 3.8) is 0 Å². The number of ether oxygens (including phenoxy) is 1. The predicted octanol–water partition coefficient (Wildman–Crippen LogP) is 0.898. The average Bonchev–Trinajstić information content (AvgIpc) is 2.72. The van der Waals surface area contributed by atoms with Gasteiger partial charge in [0.05, 0.1) is 11.8 Å². The smallest absolute Gasteiger partial charge is 0.318 e. The Morgan fingerprint density at radius 1 is 1.07 bits per heavy atom. The minimum atomic E-state index is -0.275. The summed E-state index contributed by atoms with van der Waals surface area (Å²) in [6.45, 7) is 0. The molecule has 1 heterocycles. The standard InChI is InChI=1S/C11H10O3/c12-9-7-5-1-2-6(11(5)3-4-11)8(7)10(13)14-9/h1-2,5-8H,3-4H2/t5-,6-,7-,8-/m1/s1. The van der Waals surface area contributed by atoms with Crippen LogP contribution in [0.25, 0.3) is 0 Å². The molecule has 2 saturated carbocycles. The van der Waals surface area contributed by atoms with Gasteiger partial charge in [0.15, 0.2) is 0 Å². The molecule has 0 aromatic carbocycles. The van der Waals surface area contributed by atoms with Gasteiger partial charge in [-0.2, -0.15) is 0 Å². The largest absolute Gasteiger partial charge is 0.393 e. The van der Waals surface area contributed by atoms with Crippen molar-refractivity contribution in [3.8, 4) is 0 Å². The fraction of sp³-hybridized carbons (Fsp3) is 0.636. The third-order valence-corrected chi connectivity index (χ3v) is 4.59. The third kappa shape index (κ3) is 0.527. The highest BCUT2D eigenvalue weighted by molar-refractivity contribution is 5.98. The van der Waals surface area contributed by atoms with E-state index in [9.17, 15) is 9.59 Å². The molecule has 1 aliphatic heterocycles. The molecule has 0 radical (unpaired) electrons. The van der Waals surface area contributed by atoms with Crippen molar-refractivity contribution in [3.05, 3.63) is 12.2 Å². The van der Waals surface area contributed by atoms with Crippen LogP contribution in [0.1, 0.15) is 12.8 Å². The van der Waals surface area contributed by atoms with Gasteiger partial charge in [0.25, 0.3) is 0 Å². The zero-order chi connectivity index (χ0) is 9.50. The van der Waals surface area contributed by atoms with Crippen LogP contribution in [0.5, 0.6) is 0 Å². The van der Waals surface area contributed by atoms with Gasteiger partial charge in [0.2, 0.25) is 0 Å². The van der Waals surface area contributed by atoms with Crippen LogP contribution in [-0.4, -0.2) is 11.9 Å². The van der Waals surface area contributed by atoms with Crippen LogP contribution >= 0.6 is 0 Å². The predicted molar refractivity (Wildman–Crippen MR) is 45.9 cm³/mol. The summed E-state index contributed by atoms with van der Waals surface area (Å²) in [5, 5.41) is 0. The Morgan fingerprint density at radius 2 is 1.57 bits per heavy atom. The van der Waals surface area contributed by atoms with Gasteiger partial charge < -0.3 is 4.74 Å². The molecular formula is C11H10O3. The van der Waals surface area contributed by atoms with Crippen LogP contribution < -0.4 is 0 Å². The highest BCUT2D eigenvalue weighted by atomic mass is 16.6. The maximum absolute atomic E-state index is 11.5. The molecule has 2 bridgehead atoms. The molecule has 3 fully saturated rings. The molecule has 0 aromatic rings. The van der Waals surface area contributed by atoms with E-state index in [0.717, 1.165) is 0 Å². The number of rotatable bonds is 0. The van der Waals surface area contributed by atoms with Gasteiger partial charge in [-0.3, -0.25) is 9.59 Å². The fourth-order valence-electron chi connectivity index (χ4n) is 3.88. The Balaban J connectivity index is 1.89. The lowest BCUT2D eigenvalue weighted by Gasteiger charge is -2.15. The first-order valence-corrected chi connectivity index (χ1v) is 5.18. The summed E-state index contributed by atoms with van der Waals surface area (Å²) in [6, 6.07) is 0. The second-order valence-electron chi connectivity index (χ2n) is 4.96. The monoisotopic (exact) mass is 190 g/mol. The number of fused-ring (bicyclic) bond motifs is 3. The number of carbonyl (C=O) groups excluding carboxylic acids is 2. The van der Waals surface area contributed by atoms with E-state index in [1.54, 1.807) is 0 Å². The first-order chi connectivity index (χ1) is 6.74. The van der Waals surface area contributed by atoms with Crippen LogP contribution in [-0.2, 0) is 14.3 Å². The van der Waals surface area contributed by atoms with Crippen molar-refractivity contribution in [2.75, 3.05) is 0 Å². The molecule has 4 rings (SSSR count). The van der Waals surface area contributed by atoms with Crippen molar-refractivity contribution in [2.24, 2.45) is 29.1 Å². The number of cyclic esters (lactones) is 2. The lowest BCUT2D eigenvalue weighted by molar-refractivity contribution is -0.155. The van der Waals surface area contributed by atoms with Crippen LogP contribution in [0.2, 0.25) is 0 Å². The summed E-state index contributed by atoms with van der Waals surface area (Å²) in [5.41, 5.74) is 0.296. The van der Waals surface area contributed by atoms with E-state index >= 15 is 0 Å². The Kier molecular flexibility index (Phi) is 0.932. The quantitative estimate of drug-likeness (QED) is 0.324. The van der Waals surface area contributed by atoms with Crippen molar-refractivity contribution < 1.29 is 14.3 Å². The van der Waals surface area contributed by atoms with E-state index in [0.29, 0.717) is 17.3 Å². The van der Waals surface area contributed by atoms with Crippen LogP contribution in [0.3, 0.4) is 0 Å². The molecule has 0 amide bonds. The summed E-state index contributed by atoms with van der Waals surface area (Å²) >= 11 is 0. The molecule has 0 aromatic heterocycles. The van der Waals surface area contributed by atoms with Gasteiger partial charge >= 0.3 is 11.9 Å². The van der Waals surface area contributed by atoms with Crippen molar-refractivity contribution in [1.82, 2.24) is 0 Å². The van der Waals surface area contributed by atoms with Gasteiger partial charge in [0.1, 0.15) is 0 Å². The molecule has 1 saturated heterocycles. The Morgan fingerprint density at radius 3 is 2.00 bits per heavy atom. The van der Waals surface area contributed by atoms with Crippen LogP contribution in [0.15, 0.2) is 12.2 Å². The molecular weight excluding hydrogens is 180 g/mol. The lowest BCUT2D eigenvalue weighted by Crippen LogP contribution is -2.21. The minimum absolute atomic E-state index is 0.139. The van der Waals surface area contributed by atoms with Crippen molar-refractivity contribution in [2.45, 2.75) is 12.8 Å². The van der Waals surface area contributed by atoms with E-state index in [4.69, 9.17) is 4.74 Å². The van der Waals surface area contributed by atoms with E-state index in [1.165, 1.54) is 12.8 Å². The lowest BCUT2D eigenvalue weighted by atomic mass is 9.85. The summed E-state index contributed by atoms with van der Waals surface area (Å²) in [4.78, 5) is 23.0. The van der Waals surface area contributed by atoms with E-state index in [1.807, 2.05) is 0 Å². The van der Waals surface area contributed by atoms with Gasteiger partial charge in [-0.05, 0) is 30.1 Å². The maximum atomic E-state index is 11.5. The normalized spacial score (nSPS) is 50.0. The van der Waals surface area contributed by atoms with E-state index < -0.39 is 0 Å².